The summed E-state index contributed by atoms with van der Waals surface area (Å²) in [6, 6.07) is 9.13. The molecule has 1 N–H and O–H groups in total. The van der Waals surface area contributed by atoms with Crippen LogP contribution in [0.1, 0.15) is 25.8 Å². The Kier molecular flexibility index (Phi) is 2.43. The van der Waals surface area contributed by atoms with Crippen LogP contribution in [0.3, 0.4) is 0 Å². The average Bonchev–Trinajstić information content (AvgIpc) is 2.89. The van der Waals surface area contributed by atoms with Crippen LogP contribution in [0.4, 0.5) is 5.69 Å². The van der Waals surface area contributed by atoms with Crippen LogP contribution < -0.4 is 5.32 Å². The number of amides is 1. The summed E-state index contributed by atoms with van der Waals surface area (Å²) in [5, 5.41) is 11.7. The molecule has 0 heterocycles. The van der Waals surface area contributed by atoms with E-state index in [-0.39, 0.29) is 17.2 Å². The van der Waals surface area contributed by atoms with Gasteiger partial charge in [0.2, 0.25) is 5.91 Å². The van der Waals surface area contributed by atoms with Gasteiger partial charge in [-0.1, -0.05) is 26.0 Å². The van der Waals surface area contributed by atoms with Gasteiger partial charge in [-0.05, 0) is 24.0 Å². The molecule has 0 saturated heterocycles. The Morgan fingerprint density at radius 3 is 2.69 bits per heavy atom. The maximum absolute atomic E-state index is 11.8. The maximum atomic E-state index is 11.8. The number of carbonyl (C=O) groups excluding carboxylic acids is 1. The zero-order valence-corrected chi connectivity index (χ0v) is 9.45. The van der Waals surface area contributed by atoms with Crippen molar-refractivity contribution in [1.29, 1.82) is 5.26 Å². The lowest BCUT2D eigenvalue weighted by atomic mass is 10.1. The molecule has 0 spiro atoms. The summed E-state index contributed by atoms with van der Waals surface area (Å²) >= 11 is 0. The second-order valence-corrected chi connectivity index (χ2v) is 4.89. The fourth-order valence-electron chi connectivity index (χ4n) is 1.82. The summed E-state index contributed by atoms with van der Waals surface area (Å²) in [4.78, 5) is 11.8. The minimum Gasteiger partial charge on any atom is -0.325 e. The summed E-state index contributed by atoms with van der Waals surface area (Å²) in [7, 11) is 0. The fourth-order valence-corrected chi connectivity index (χ4v) is 1.82. The summed E-state index contributed by atoms with van der Waals surface area (Å²) in [6.07, 6.45) is 0.924. The van der Waals surface area contributed by atoms with Crippen LogP contribution in [0.25, 0.3) is 0 Å². The van der Waals surface area contributed by atoms with Crippen LogP contribution in [0.5, 0.6) is 0 Å². The maximum Gasteiger partial charge on any atom is 0.228 e. The van der Waals surface area contributed by atoms with E-state index in [2.05, 4.69) is 25.2 Å². The highest BCUT2D eigenvalue weighted by atomic mass is 16.2. The van der Waals surface area contributed by atoms with E-state index >= 15 is 0 Å². The highest BCUT2D eigenvalue weighted by Gasteiger charge is 2.50. The Balaban J connectivity index is 2.11. The normalized spacial score (nSPS) is 20.9. The predicted octanol–water partition coefficient (Wildman–Crippen LogP) is 2.54. The average molecular weight is 214 g/mol. The molecule has 2 rings (SSSR count). The highest BCUT2D eigenvalue weighted by molar-refractivity contribution is 5.96. The lowest BCUT2D eigenvalue weighted by molar-refractivity contribution is -0.118. The molecule has 1 saturated carbocycles. The minimum absolute atomic E-state index is 0.0210. The van der Waals surface area contributed by atoms with E-state index in [4.69, 9.17) is 5.26 Å². The van der Waals surface area contributed by atoms with Crippen molar-refractivity contribution in [1.82, 2.24) is 0 Å². The van der Waals surface area contributed by atoms with Gasteiger partial charge in [0.15, 0.2) is 0 Å². The summed E-state index contributed by atoms with van der Waals surface area (Å²) < 4.78 is 0. The molecule has 1 amide bonds. The molecule has 82 valence electrons. The molecule has 1 aromatic carbocycles. The first-order valence-corrected chi connectivity index (χ1v) is 5.34. The number of nitrogens with one attached hydrogen (secondary N) is 1. The number of para-hydroxylation sites is 1. The molecule has 1 unspecified atom stereocenters. The molecular weight excluding hydrogens is 200 g/mol. The topological polar surface area (TPSA) is 52.9 Å². The van der Waals surface area contributed by atoms with E-state index in [0.29, 0.717) is 11.3 Å². The van der Waals surface area contributed by atoms with Crippen LogP contribution in [-0.2, 0) is 4.79 Å². The zero-order chi connectivity index (χ0) is 11.8. The van der Waals surface area contributed by atoms with Crippen molar-refractivity contribution in [2.24, 2.45) is 11.3 Å². The number of hydrogen-bond acceptors (Lipinski definition) is 2. The Labute approximate surface area is 95.1 Å². The Morgan fingerprint density at radius 1 is 1.50 bits per heavy atom. The highest BCUT2D eigenvalue weighted by Crippen LogP contribution is 2.52. The number of nitrogens with zero attached hydrogens (tertiary/aromatic N) is 1. The molecule has 0 radical (unpaired) electrons. The van der Waals surface area contributed by atoms with Crippen molar-refractivity contribution in [3.63, 3.8) is 0 Å². The molecule has 0 bridgehead atoms. The van der Waals surface area contributed by atoms with Crippen LogP contribution in [-0.4, -0.2) is 5.91 Å². The van der Waals surface area contributed by atoms with Gasteiger partial charge in [0.05, 0.1) is 11.3 Å². The van der Waals surface area contributed by atoms with Crippen molar-refractivity contribution >= 4 is 11.6 Å². The monoisotopic (exact) mass is 214 g/mol. The smallest absolute Gasteiger partial charge is 0.228 e. The van der Waals surface area contributed by atoms with Crippen LogP contribution >= 0.6 is 0 Å². The van der Waals surface area contributed by atoms with Gasteiger partial charge in [0, 0.05) is 5.92 Å². The number of hydrogen-bond donors (Lipinski definition) is 1. The van der Waals surface area contributed by atoms with Gasteiger partial charge in [0.25, 0.3) is 0 Å². The number of benzene rings is 1. The third-order valence-electron chi connectivity index (χ3n) is 3.14. The lowest BCUT2D eigenvalue weighted by Gasteiger charge is -2.07. The molecule has 3 nitrogen and oxygen atoms in total. The van der Waals surface area contributed by atoms with E-state index in [1.54, 1.807) is 18.2 Å². The molecular formula is C13H14N2O. The Bertz CT molecular complexity index is 471. The largest absolute Gasteiger partial charge is 0.325 e. The number of nitriles is 1. The van der Waals surface area contributed by atoms with Gasteiger partial charge >= 0.3 is 0 Å². The van der Waals surface area contributed by atoms with E-state index in [1.807, 2.05) is 6.07 Å². The van der Waals surface area contributed by atoms with Gasteiger partial charge in [-0.3, -0.25) is 4.79 Å². The summed E-state index contributed by atoms with van der Waals surface area (Å²) in [5.41, 5.74) is 1.23. The molecule has 0 aliphatic heterocycles. The van der Waals surface area contributed by atoms with E-state index in [1.165, 1.54) is 0 Å². The third-order valence-corrected chi connectivity index (χ3v) is 3.14. The quantitative estimate of drug-likeness (QED) is 0.822. The van der Waals surface area contributed by atoms with Gasteiger partial charge in [-0.15, -0.1) is 0 Å². The SMILES string of the molecule is CC1(C)CC1C(=O)Nc1ccccc1C#N. The standard InChI is InChI=1S/C13H14N2O/c1-13(2)7-10(13)12(16)15-11-6-4-3-5-9(11)8-14/h3-6,10H,7H2,1-2H3,(H,15,16). The fraction of sp³-hybridized carbons (Fsp3) is 0.385. The van der Waals surface area contributed by atoms with Gasteiger partial charge < -0.3 is 5.32 Å². The number of rotatable bonds is 2. The van der Waals surface area contributed by atoms with Crippen LogP contribution in [0.2, 0.25) is 0 Å². The molecule has 0 aromatic heterocycles. The molecule has 1 aromatic rings. The van der Waals surface area contributed by atoms with E-state index in [0.717, 1.165) is 6.42 Å². The number of anilines is 1. The van der Waals surface area contributed by atoms with Crippen molar-refractivity contribution in [2.45, 2.75) is 20.3 Å². The third kappa shape index (κ3) is 1.92. The van der Waals surface area contributed by atoms with Gasteiger partial charge in [-0.25, -0.2) is 0 Å². The first-order valence-electron chi connectivity index (χ1n) is 5.34. The van der Waals surface area contributed by atoms with E-state index in [9.17, 15) is 4.79 Å². The van der Waals surface area contributed by atoms with Gasteiger partial charge in [-0.2, -0.15) is 5.26 Å². The van der Waals surface area contributed by atoms with Crippen molar-refractivity contribution in [2.75, 3.05) is 5.32 Å². The Morgan fingerprint density at radius 2 is 2.12 bits per heavy atom. The molecule has 16 heavy (non-hydrogen) atoms. The lowest BCUT2D eigenvalue weighted by Crippen LogP contribution is -2.17. The second kappa shape index (κ2) is 3.64. The summed E-state index contributed by atoms with van der Waals surface area (Å²) in [5.74, 6) is 0.104. The first-order chi connectivity index (χ1) is 7.54. The zero-order valence-electron chi connectivity index (χ0n) is 9.45. The van der Waals surface area contributed by atoms with Crippen LogP contribution in [0, 0.1) is 22.7 Å². The van der Waals surface area contributed by atoms with Crippen LogP contribution in [0.15, 0.2) is 24.3 Å². The summed E-state index contributed by atoms with van der Waals surface area (Å²) in [6.45, 7) is 4.15. The molecule has 1 fully saturated rings. The van der Waals surface area contributed by atoms with Crippen molar-refractivity contribution in [3.05, 3.63) is 29.8 Å². The number of carbonyl (C=O) groups is 1. The van der Waals surface area contributed by atoms with Crippen molar-refractivity contribution in [3.8, 4) is 6.07 Å². The molecule has 1 aliphatic carbocycles. The molecule has 3 heteroatoms. The first kappa shape index (κ1) is 10.7. The predicted molar refractivity (Wildman–Crippen MR) is 61.7 cm³/mol. The minimum atomic E-state index is 0.0210. The van der Waals surface area contributed by atoms with E-state index < -0.39 is 0 Å². The Hall–Kier alpha value is -1.82. The molecule has 1 atom stereocenters. The molecule has 1 aliphatic rings. The van der Waals surface area contributed by atoms with Crippen molar-refractivity contribution < 1.29 is 4.79 Å². The second-order valence-electron chi connectivity index (χ2n) is 4.89. The van der Waals surface area contributed by atoms with Gasteiger partial charge in [0.1, 0.15) is 6.07 Å².